The summed E-state index contributed by atoms with van der Waals surface area (Å²) in [6, 6.07) is 6.02. The summed E-state index contributed by atoms with van der Waals surface area (Å²) in [6.07, 6.45) is 0. The van der Waals surface area contributed by atoms with Crippen molar-refractivity contribution in [2.24, 2.45) is 5.73 Å². The Morgan fingerprint density at radius 3 is 2.62 bits per heavy atom. The van der Waals surface area contributed by atoms with Crippen LogP contribution in [0.1, 0.15) is 10.4 Å². The smallest absolute Gasteiger partial charge is 0.319 e. The first-order valence-corrected chi connectivity index (χ1v) is 4.54. The van der Waals surface area contributed by atoms with Gasteiger partial charge in [-0.25, -0.2) is 4.79 Å². The van der Waals surface area contributed by atoms with Gasteiger partial charge in [0.2, 0.25) is 0 Å². The Balaban J connectivity index is 2.83. The van der Waals surface area contributed by atoms with Gasteiger partial charge in [0.15, 0.2) is 0 Å². The summed E-state index contributed by atoms with van der Waals surface area (Å²) in [5.41, 5.74) is 5.22. The van der Waals surface area contributed by atoms with Gasteiger partial charge in [-0.15, -0.1) is 0 Å². The molecular weight excluding hydrogens is 283 g/mol. The van der Waals surface area contributed by atoms with E-state index in [0.29, 0.717) is 5.56 Å². The van der Waals surface area contributed by atoms with Crippen molar-refractivity contribution in [3.05, 3.63) is 33.4 Å². The molecule has 0 saturated heterocycles. The molecule has 1 rings (SSSR count). The molecule has 0 spiro atoms. The van der Waals surface area contributed by atoms with E-state index in [9.17, 15) is 9.59 Å². The lowest BCUT2D eigenvalue weighted by Gasteiger charge is -2.00. The summed E-state index contributed by atoms with van der Waals surface area (Å²) in [5, 5.41) is 1.98. The maximum Gasteiger partial charge on any atom is 0.319 e. The summed E-state index contributed by atoms with van der Waals surface area (Å²) in [7, 11) is 0. The van der Waals surface area contributed by atoms with E-state index >= 15 is 0 Å². The molecule has 0 bridgehead atoms. The molecule has 0 fully saturated rings. The number of benzene rings is 1. The Morgan fingerprint density at radius 2 is 2.08 bits per heavy atom. The van der Waals surface area contributed by atoms with Gasteiger partial charge < -0.3 is 5.73 Å². The van der Waals surface area contributed by atoms with Gasteiger partial charge in [0, 0.05) is 9.13 Å². The average molecular weight is 290 g/mol. The number of primary amides is 1. The number of carbonyl (C=O) groups excluding carboxylic acids is 2. The average Bonchev–Trinajstić information content (AvgIpc) is 2.03. The highest BCUT2D eigenvalue weighted by Crippen LogP contribution is 2.07. The van der Waals surface area contributed by atoms with Gasteiger partial charge in [0.25, 0.3) is 5.91 Å². The fourth-order valence-electron chi connectivity index (χ4n) is 0.814. The molecule has 0 aliphatic heterocycles. The number of nitrogens with one attached hydrogen (secondary N) is 1. The predicted octanol–water partition coefficient (Wildman–Crippen LogP) is 1.10. The highest BCUT2D eigenvalue weighted by atomic mass is 127. The van der Waals surface area contributed by atoms with Crippen molar-refractivity contribution in [3.63, 3.8) is 0 Å². The Kier molecular flexibility index (Phi) is 3.24. The Labute approximate surface area is 88.6 Å². The van der Waals surface area contributed by atoms with Crippen molar-refractivity contribution < 1.29 is 9.59 Å². The van der Waals surface area contributed by atoms with Crippen molar-refractivity contribution in [3.8, 4) is 0 Å². The number of hydrogen-bond acceptors (Lipinski definition) is 2. The molecule has 0 saturated carbocycles. The molecule has 0 aliphatic carbocycles. The number of imide groups is 1. The zero-order valence-electron chi connectivity index (χ0n) is 6.58. The van der Waals surface area contributed by atoms with E-state index < -0.39 is 11.9 Å². The lowest BCUT2D eigenvalue weighted by Crippen LogP contribution is -2.34. The van der Waals surface area contributed by atoms with Gasteiger partial charge in [-0.1, -0.05) is 6.07 Å². The molecule has 0 heterocycles. The van der Waals surface area contributed by atoms with Gasteiger partial charge in [-0.3, -0.25) is 10.1 Å². The number of rotatable bonds is 1. The van der Waals surface area contributed by atoms with Crippen molar-refractivity contribution in [2.45, 2.75) is 0 Å². The minimum atomic E-state index is -0.844. The highest BCUT2D eigenvalue weighted by Gasteiger charge is 2.06. The number of amides is 3. The molecule has 4 nitrogen and oxygen atoms in total. The number of halogens is 1. The molecule has 1 aromatic carbocycles. The third kappa shape index (κ3) is 3.02. The molecule has 1 aromatic rings. The van der Waals surface area contributed by atoms with Crippen LogP contribution in [0.15, 0.2) is 24.3 Å². The van der Waals surface area contributed by atoms with Gasteiger partial charge in [0.05, 0.1) is 0 Å². The lowest BCUT2D eigenvalue weighted by atomic mass is 10.2. The van der Waals surface area contributed by atoms with E-state index in [1.165, 1.54) is 0 Å². The summed E-state index contributed by atoms with van der Waals surface area (Å²) >= 11 is 2.08. The van der Waals surface area contributed by atoms with E-state index in [4.69, 9.17) is 5.73 Å². The first-order valence-electron chi connectivity index (χ1n) is 3.46. The quantitative estimate of drug-likeness (QED) is 0.760. The molecule has 0 aliphatic rings. The van der Waals surface area contributed by atoms with E-state index in [1.54, 1.807) is 18.2 Å². The second kappa shape index (κ2) is 4.22. The van der Waals surface area contributed by atoms with Crippen LogP contribution in [0.4, 0.5) is 4.79 Å². The topological polar surface area (TPSA) is 72.2 Å². The molecule has 0 radical (unpaired) electrons. The Hall–Kier alpha value is -1.11. The van der Waals surface area contributed by atoms with Crippen LogP contribution in [0, 0.1) is 3.57 Å². The van der Waals surface area contributed by atoms with Gasteiger partial charge >= 0.3 is 6.03 Å². The third-order valence-corrected chi connectivity index (χ3v) is 1.99. The predicted molar refractivity (Wildman–Crippen MR) is 56.2 cm³/mol. The van der Waals surface area contributed by atoms with Crippen LogP contribution < -0.4 is 11.1 Å². The van der Waals surface area contributed by atoms with Crippen LogP contribution in [0.2, 0.25) is 0 Å². The number of urea groups is 1. The Morgan fingerprint density at radius 1 is 1.38 bits per heavy atom. The number of hydrogen-bond donors (Lipinski definition) is 2. The maximum absolute atomic E-state index is 11.2. The first kappa shape index (κ1) is 9.97. The number of nitrogens with two attached hydrogens (primary N) is 1. The minimum absolute atomic E-state index is 0.422. The molecule has 3 N–H and O–H groups in total. The first-order chi connectivity index (χ1) is 6.09. The van der Waals surface area contributed by atoms with Crippen LogP contribution in [-0.2, 0) is 0 Å². The Bertz CT molecular complexity index is 352. The van der Waals surface area contributed by atoms with Crippen LogP contribution >= 0.6 is 22.6 Å². The largest absolute Gasteiger partial charge is 0.351 e. The van der Waals surface area contributed by atoms with E-state index in [1.807, 2.05) is 11.4 Å². The molecule has 68 valence electrons. The molecule has 5 heteroatoms. The second-order valence-electron chi connectivity index (χ2n) is 2.33. The van der Waals surface area contributed by atoms with E-state index in [-0.39, 0.29) is 0 Å². The van der Waals surface area contributed by atoms with Crippen molar-refractivity contribution in [1.82, 2.24) is 5.32 Å². The van der Waals surface area contributed by atoms with Crippen molar-refractivity contribution in [1.29, 1.82) is 0 Å². The second-order valence-corrected chi connectivity index (χ2v) is 3.57. The van der Waals surface area contributed by atoms with Gasteiger partial charge in [0.1, 0.15) is 0 Å². The molecule has 0 aromatic heterocycles. The zero-order chi connectivity index (χ0) is 9.84. The van der Waals surface area contributed by atoms with E-state index in [0.717, 1.165) is 3.57 Å². The highest BCUT2D eigenvalue weighted by molar-refractivity contribution is 14.1. The van der Waals surface area contributed by atoms with Crippen molar-refractivity contribution >= 4 is 34.5 Å². The fourth-order valence-corrected chi connectivity index (χ4v) is 1.36. The standard InChI is InChI=1S/C8H7IN2O2/c9-6-3-1-2-5(4-6)7(12)11-8(10)13/h1-4H,(H3,10,11,12,13). The van der Waals surface area contributed by atoms with Gasteiger partial charge in [-0.05, 0) is 40.8 Å². The van der Waals surface area contributed by atoms with E-state index in [2.05, 4.69) is 22.6 Å². The summed E-state index contributed by atoms with van der Waals surface area (Å²) in [6.45, 7) is 0. The molecular formula is C8H7IN2O2. The normalized spacial score (nSPS) is 9.31. The third-order valence-electron chi connectivity index (χ3n) is 1.32. The van der Waals surface area contributed by atoms with Crippen LogP contribution in [0.25, 0.3) is 0 Å². The SMILES string of the molecule is NC(=O)NC(=O)c1cccc(I)c1. The monoisotopic (exact) mass is 290 g/mol. The minimum Gasteiger partial charge on any atom is -0.351 e. The van der Waals surface area contributed by atoms with Crippen LogP contribution in [-0.4, -0.2) is 11.9 Å². The lowest BCUT2D eigenvalue weighted by molar-refractivity contribution is 0.0966. The van der Waals surface area contributed by atoms with Crippen molar-refractivity contribution in [2.75, 3.05) is 0 Å². The zero-order valence-corrected chi connectivity index (χ0v) is 8.74. The molecule has 13 heavy (non-hydrogen) atoms. The molecule has 0 unspecified atom stereocenters. The van der Waals surface area contributed by atoms with Gasteiger partial charge in [-0.2, -0.15) is 0 Å². The van der Waals surface area contributed by atoms with Crippen LogP contribution in [0.3, 0.4) is 0 Å². The summed E-state index contributed by atoms with van der Waals surface area (Å²) in [4.78, 5) is 21.5. The molecule has 0 atom stereocenters. The summed E-state index contributed by atoms with van der Waals surface area (Å²) < 4.78 is 0.926. The summed E-state index contributed by atoms with van der Waals surface area (Å²) in [5.74, 6) is -0.481. The molecule has 3 amide bonds. The van der Waals surface area contributed by atoms with Crippen LogP contribution in [0.5, 0.6) is 0 Å². The number of carbonyl (C=O) groups is 2. The fraction of sp³-hybridized carbons (Fsp3) is 0. The maximum atomic E-state index is 11.2.